The van der Waals surface area contributed by atoms with Gasteiger partial charge in [0.1, 0.15) is 0 Å². The molecule has 0 heterocycles. The summed E-state index contributed by atoms with van der Waals surface area (Å²) in [6.45, 7) is 1.86. The van der Waals surface area contributed by atoms with Gasteiger partial charge in [-0.2, -0.15) is 0 Å². The average Bonchev–Trinajstić information content (AvgIpc) is 2.17. The minimum Gasteiger partial charge on any atom is -0.210 e. The Morgan fingerprint density at radius 1 is 1.57 bits per heavy atom. The van der Waals surface area contributed by atoms with E-state index < -0.39 is 6.43 Å². The van der Waals surface area contributed by atoms with E-state index in [0.29, 0.717) is 5.92 Å². The quantitative estimate of drug-likeness (QED) is 0.479. The zero-order valence-corrected chi connectivity index (χ0v) is 4.20. The van der Waals surface area contributed by atoms with Gasteiger partial charge < -0.3 is 0 Å². The molecule has 0 spiro atoms. The molecule has 2 heteroatoms. The average molecular weight is 106 g/mol. The molecule has 42 valence electrons. The van der Waals surface area contributed by atoms with Crippen LogP contribution in [0.3, 0.4) is 0 Å². The van der Waals surface area contributed by atoms with Gasteiger partial charge in [0.15, 0.2) is 0 Å². The predicted octanol–water partition coefficient (Wildman–Crippen LogP) is 1.91. The Hall–Kier alpha value is -0.140. The lowest BCUT2D eigenvalue weighted by molar-refractivity contribution is 0.117. The molecular formula is C5H8F2. The van der Waals surface area contributed by atoms with Crippen molar-refractivity contribution in [3.8, 4) is 0 Å². The van der Waals surface area contributed by atoms with E-state index in [1.54, 1.807) is 0 Å². The summed E-state index contributed by atoms with van der Waals surface area (Å²) in [4.78, 5) is 0. The van der Waals surface area contributed by atoms with Gasteiger partial charge in [-0.25, -0.2) is 8.78 Å². The highest BCUT2D eigenvalue weighted by atomic mass is 19.3. The maximum Gasteiger partial charge on any atom is 0.241 e. The zero-order chi connectivity index (χ0) is 5.44. The monoisotopic (exact) mass is 106 g/mol. The van der Waals surface area contributed by atoms with E-state index in [2.05, 4.69) is 0 Å². The van der Waals surface area contributed by atoms with Gasteiger partial charge in [-0.3, -0.25) is 0 Å². The van der Waals surface area contributed by atoms with Gasteiger partial charge in [0.05, 0.1) is 0 Å². The van der Waals surface area contributed by atoms with Gasteiger partial charge in [0, 0.05) is 5.92 Å². The molecule has 1 rings (SSSR count). The van der Waals surface area contributed by atoms with E-state index in [4.69, 9.17) is 0 Å². The summed E-state index contributed by atoms with van der Waals surface area (Å²) < 4.78 is 22.9. The molecule has 0 aromatic heterocycles. The first-order chi connectivity index (χ1) is 3.22. The molecule has 1 saturated carbocycles. The third kappa shape index (κ3) is 0.898. The van der Waals surface area contributed by atoms with Crippen LogP contribution in [0.4, 0.5) is 8.78 Å². The fourth-order valence-electron chi connectivity index (χ4n) is 0.702. The van der Waals surface area contributed by atoms with Crippen LogP contribution in [-0.2, 0) is 0 Å². The second kappa shape index (κ2) is 1.42. The molecule has 1 aliphatic carbocycles. The molecular weight excluding hydrogens is 98.1 g/mol. The van der Waals surface area contributed by atoms with E-state index in [0.717, 1.165) is 6.42 Å². The molecule has 1 fully saturated rings. The minimum absolute atomic E-state index is 0.264. The molecule has 7 heavy (non-hydrogen) atoms. The maximum absolute atomic E-state index is 11.5. The van der Waals surface area contributed by atoms with E-state index in [1.165, 1.54) is 0 Å². The predicted molar refractivity (Wildman–Crippen MR) is 23.3 cm³/mol. The van der Waals surface area contributed by atoms with Crippen LogP contribution in [0.1, 0.15) is 13.3 Å². The first-order valence-electron chi connectivity index (χ1n) is 2.50. The summed E-state index contributed by atoms with van der Waals surface area (Å²) in [6.07, 6.45) is -1.33. The van der Waals surface area contributed by atoms with E-state index >= 15 is 0 Å². The van der Waals surface area contributed by atoms with Crippen LogP contribution < -0.4 is 0 Å². The van der Waals surface area contributed by atoms with Crippen LogP contribution in [-0.4, -0.2) is 6.43 Å². The van der Waals surface area contributed by atoms with Crippen LogP contribution in [0.2, 0.25) is 0 Å². The van der Waals surface area contributed by atoms with Crippen molar-refractivity contribution in [1.29, 1.82) is 0 Å². The molecule has 0 amide bonds. The molecule has 1 aliphatic rings. The summed E-state index contributed by atoms with van der Waals surface area (Å²) >= 11 is 0. The third-order valence-electron chi connectivity index (χ3n) is 1.50. The zero-order valence-electron chi connectivity index (χ0n) is 4.20. The standard InChI is InChI=1S/C5H8F2/c1-3-2-4(3)5(6)7/h3-5H,2H2,1H3. The highest BCUT2D eigenvalue weighted by Gasteiger charge is 2.40. The van der Waals surface area contributed by atoms with Crippen molar-refractivity contribution in [3.05, 3.63) is 0 Å². The van der Waals surface area contributed by atoms with Gasteiger partial charge >= 0.3 is 0 Å². The lowest BCUT2D eigenvalue weighted by Gasteiger charge is -1.88. The normalized spacial score (nSPS) is 39.4. The Balaban J connectivity index is 2.20. The Morgan fingerprint density at radius 2 is 2.00 bits per heavy atom. The van der Waals surface area contributed by atoms with E-state index in [-0.39, 0.29) is 5.92 Å². The van der Waals surface area contributed by atoms with Gasteiger partial charge in [-0.15, -0.1) is 0 Å². The van der Waals surface area contributed by atoms with Crippen molar-refractivity contribution in [2.75, 3.05) is 0 Å². The van der Waals surface area contributed by atoms with Crippen molar-refractivity contribution in [3.63, 3.8) is 0 Å². The van der Waals surface area contributed by atoms with Gasteiger partial charge in [-0.05, 0) is 12.3 Å². The lowest BCUT2D eigenvalue weighted by atomic mass is 10.4. The Bertz CT molecular complexity index is 70.5. The number of halogens is 2. The molecule has 0 saturated heterocycles. The second-order valence-corrected chi connectivity index (χ2v) is 2.21. The summed E-state index contributed by atoms with van der Waals surface area (Å²) in [5, 5.41) is 0. The second-order valence-electron chi connectivity index (χ2n) is 2.21. The summed E-state index contributed by atoms with van der Waals surface area (Å²) in [6, 6.07) is 0. The van der Waals surface area contributed by atoms with Gasteiger partial charge in [-0.1, -0.05) is 6.92 Å². The molecule has 0 radical (unpaired) electrons. The van der Waals surface area contributed by atoms with Gasteiger partial charge in [0.25, 0.3) is 0 Å². The first-order valence-corrected chi connectivity index (χ1v) is 2.50. The smallest absolute Gasteiger partial charge is 0.210 e. The molecule has 0 aromatic rings. The van der Waals surface area contributed by atoms with Crippen molar-refractivity contribution < 1.29 is 8.78 Å². The fourth-order valence-corrected chi connectivity index (χ4v) is 0.702. The highest BCUT2D eigenvalue weighted by Crippen LogP contribution is 2.42. The van der Waals surface area contributed by atoms with E-state index in [9.17, 15) is 8.78 Å². The molecule has 0 nitrogen and oxygen atoms in total. The van der Waals surface area contributed by atoms with Crippen LogP contribution >= 0.6 is 0 Å². The first kappa shape index (κ1) is 5.01. The third-order valence-corrected chi connectivity index (χ3v) is 1.50. The summed E-state index contributed by atoms with van der Waals surface area (Å²) in [7, 11) is 0. The maximum atomic E-state index is 11.5. The van der Waals surface area contributed by atoms with Crippen LogP contribution in [0.5, 0.6) is 0 Å². The fraction of sp³-hybridized carbons (Fsp3) is 1.00. The number of hydrogen-bond acceptors (Lipinski definition) is 0. The van der Waals surface area contributed by atoms with Crippen molar-refractivity contribution in [2.24, 2.45) is 11.8 Å². The molecule has 0 bridgehead atoms. The molecule has 2 unspecified atom stereocenters. The molecule has 2 atom stereocenters. The number of hydrogen-bond donors (Lipinski definition) is 0. The highest BCUT2D eigenvalue weighted by molar-refractivity contribution is 4.83. The van der Waals surface area contributed by atoms with Crippen LogP contribution in [0, 0.1) is 11.8 Å². The van der Waals surface area contributed by atoms with Gasteiger partial charge in [0.2, 0.25) is 6.43 Å². The Labute approximate surface area is 41.5 Å². The van der Waals surface area contributed by atoms with Crippen molar-refractivity contribution in [1.82, 2.24) is 0 Å². The molecule has 0 aromatic carbocycles. The Morgan fingerprint density at radius 3 is 2.00 bits per heavy atom. The summed E-state index contributed by atoms with van der Waals surface area (Å²) in [5.41, 5.74) is 0. The molecule has 0 N–H and O–H groups in total. The van der Waals surface area contributed by atoms with Crippen molar-refractivity contribution in [2.45, 2.75) is 19.8 Å². The van der Waals surface area contributed by atoms with Crippen molar-refractivity contribution >= 4 is 0 Å². The number of rotatable bonds is 1. The van der Waals surface area contributed by atoms with E-state index in [1.807, 2.05) is 6.92 Å². The number of alkyl halides is 2. The lowest BCUT2D eigenvalue weighted by Crippen LogP contribution is -1.92. The van der Waals surface area contributed by atoms with Crippen LogP contribution in [0.25, 0.3) is 0 Å². The summed E-state index contributed by atoms with van der Waals surface area (Å²) in [5.74, 6) is 0.0278. The minimum atomic E-state index is -2.06. The Kier molecular flexibility index (Phi) is 1.02. The largest absolute Gasteiger partial charge is 0.241 e. The van der Waals surface area contributed by atoms with Crippen LogP contribution in [0.15, 0.2) is 0 Å². The topological polar surface area (TPSA) is 0 Å². The SMILES string of the molecule is CC1CC1C(F)F. The molecule has 0 aliphatic heterocycles.